The maximum absolute atomic E-state index is 12.8. The van der Waals surface area contributed by atoms with Gasteiger partial charge in [0.15, 0.2) is 0 Å². The van der Waals surface area contributed by atoms with Crippen molar-refractivity contribution in [2.75, 3.05) is 18.0 Å². The molecule has 1 fully saturated rings. The van der Waals surface area contributed by atoms with Crippen LogP contribution in [0.3, 0.4) is 0 Å². The van der Waals surface area contributed by atoms with Crippen LogP contribution in [0, 0.1) is 0 Å². The monoisotopic (exact) mass is 322 g/mol. The third kappa shape index (κ3) is 2.54. The number of aryl methyl sites for hydroxylation is 1. The number of benzene rings is 1. The molecule has 0 aromatic heterocycles. The van der Waals surface area contributed by atoms with E-state index in [0.717, 1.165) is 36.9 Å². The zero-order valence-electron chi connectivity index (χ0n) is 13.1. The van der Waals surface area contributed by atoms with Gasteiger partial charge in [-0.3, -0.25) is 4.79 Å². The molecule has 2 heterocycles. The first kappa shape index (κ1) is 15.5. The van der Waals surface area contributed by atoms with Crippen LogP contribution in [0.4, 0.5) is 5.69 Å². The van der Waals surface area contributed by atoms with Crippen molar-refractivity contribution in [3.05, 3.63) is 23.8 Å². The number of rotatable bonds is 2. The minimum absolute atomic E-state index is 0.00437. The van der Waals surface area contributed by atoms with Crippen molar-refractivity contribution in [3.8, 4) is 0 Å². The number of nitrogens with zero attached hydrogens (tertiary/aromatic N) is 2. The number of fused-ring (bicyclic) bond motifs is 1. The zero-order chi connectivity index (χ0) is 15.9. The van der Waals surface area contributed by atoms with Crippen molar-refractivity contribution >= 4 is 21.6 Å². The van der Waals surface area contributed by atoms with Crippen molar-refractivity contribution in [3.63, 3.8) is 0 Å². The molecule has 120 valence electrons. The molecule has 0 spiro atoms. The van der Waals surface area contributed by atoms with Crippen LogP contribution in [0.15, 0.2) is 23.1 Å². The molecule has 0 bridgehead atoms. The van der Waals surface area contributed by atoms with E-state index in [1.807, 2.05) is 6.92 Å². The van der Waals surface area contributed by atoms with E-state index in [0.29, 0.717) is 18.0 Å². The summed E-state index contributed by atoms with van der Waals surface area (Å²) in [7, 11) is -3.43. The molecule has 1 aromatic carbocycles. The van der Waals surface area contributed by atoms with Crippen LogP contribution in [0.25, 0.3) is 0 Å². The standard InChI is InChI=1S/C16H22N2O3S/c1-12-5-3-10-18(12)22(20,21)15-7-8-16-14(11-15)6-4-9-17(16)13(2)19/h7-8,11-12H,3-6,9-10H2,1-2H3. The number of hydrogen-bond donors (Lipinski definition) is 0. The largest absolute Gasteiger partial charge is 0.312 e. The van der Waals surface area contributed by atoms with E-state index in [4.69, 9.17) is 0 Å². The molecular weight excluding hydrogens is 300 g/mol. The molecule has 0 N–H and O–H groups in total. The third-order valence-electron chi connectivity index (χ3n) is 4.65. The van der Waals surface area contributed by atoms with Gasteiger partial charge in [-0.1, -0.05) is 0 Å². The molecule has 1 aromatic rings. The molecule has 1 atom stereocenters. The van der Waals surface area contributed by atoms with Crippen LogP contribution in [-0.2, 0) is 21.2 Å². The predicted octanol–water partition coefficient (Wildman–Crippen LogP) is 2.16. The molecule has 5 nitrogen and oxygen atoms in total. The highest BCUT2D eigenvalue weighted by molar-refractivity contribution is 7.89. The average molecular weight is 322 g/mol. The van der Waals surface area contributed by atoms with E-state index in [1.165, 1.54) is 0 Å². The normalized spacial score (nSPS) is 22.6. The summed E-state index contributed by atoms with van der Waals surface area (Å²) in [6.45, 7) is 4.81. The first-order chi connectivity index (χ1) is 10.4. The van der Waals surface area contributed by atoms with Crippen LogP contribution in [0.5, 0.6) is 0 Å². The Morgan fingerprint density at radius 1 is 1.23 bits per heavy atom. The maximum Gasteiger partial charge on any atom is 0.243 e. The van der Waals surface area contributed by atoms with Gasteiger partial charge in [-0.05, 0) is 56.4 Å². The van der Waals surface area contributed by atoms with E-state index in [2.05, 4.69) is 0 Å². The Morgan fingerprint density at radius 2 is 2.00 bits per heavy atom. The number of anilines is 1. The molecule has 1 amide bonds. The van der Waals surface area contributed by atoms with Crippen LogP contribution in [-0.4, -0.2) is 37.8 Å². The smallest absolute Gasteiger partial charge is 0.243 e. The lowest BCUT2D eigenvalue weighted by Gasteiger charge is -2.29. The minimum atomic E-state index is -3.43. The first-order valence-electron chi connectivity index (χ1n) is 7.84. The summed E-state index contributed by atoms with van der Waals surface area (Å²) in [4.78, 5) is 13.8. The fourth-order valence-corrected chi connectivity index (χ4v) is 5.21. The molecule has 0 aliphatic carbocycles. The maximum atomic E-state index is 12.8. The lowest BCUT2D eigenvalue weighted by molar-refractivity contribution is -0.116. The highest BCUT2D eigenvalue weighted by atomic mass is 32.2. The van der Waals surface area contributed by atoms with Gasteiger partial charge in [0.1, 0.15) is 0 Å². The van der Waals surface area contributed by atoms with Gasteiger partial charge in [-0.25, -0.2) is 8.42 Å². The van der Waals surface area contributed by atoms with Crippen molar-refractivity contribution in [2.45, 2.75) is 50.5 Å². The Morgan fingerprint density at radius 3 is 2.64 bits per heavy atom. The zero-order valence-corrected chi connectivity index (χ0v) is 13.9. The summed E-state index contributed by atoms with van der Waals surface area (Å²) in [6.07, 6.45) is 3.53. The van der Waals surface area contributed by atoms with Crippen molar-refractivity contribution in [1.82, 2.24) is 4.31 Å². The molecule has 22 heavy (non-hydrogen) atoms. The fraction of sp³-hybridized carbons (Fsp3) is 0.562. The SMILES string of the molecule is CC(=O)N1CCCc2cc(S(=O)(=O)N3CCCC3C)ccc21. The van der Waals surface area contributed by atoms with Gasteiger partial charge >= 0.3 is 0 Å². The lowest BCUT2D eigenvalue weighted by atomic mass is 10.0. The predicted molar refractivity (Wildman–Crippen MR) is 85.4 cm³/mol. The molecule has 3 rings (SSSR count). The first-order valence-corrected chi connectivity index (χ1v) is 9.28. The van der Waals surface area contributed by atoms with Crippen LogP contribution in [0.2, 0.25) is 0 Å². The summed E-state index contributed by atoms with van der Waals surface area (Å²) in [5.74, 6) is 0.00437. The van der Waals surface area contributed by atoms with Gasteiger partial charge in [-0.15, -0.1) is 0 Å². The molecule has 1 unspecified atom stereocenters. The van der Waals surface area contributed by atoms with Crippen molar-refractivity contribution in [2.24, 2.45) is 0 Å². The number of carbonyl (C=O) groups excluding carboxylic acids is 1. The quantitative estimate of drug-likeness (QED) is 0.838. The summed E-state index contributed by atoms with van der Waals surface area (Å²) in [5.41, 5.74) is 1.81. The summed E-state index contributed by atoms with van der Waals surface area (Å²) < 4.78 is 27.2. The fourth-order valence-electron chi connectivity index (χ4n) is 3.46. The Bertz CT molecular complexity index is 699. The van der Waals surface area contributed by atoms with Crippen molar-refractivity contribution in [1.29, 1.82) is 0 Å². The van der Waals surface area contributed by atoms with Gasteiger partial charge in [-0.2, -0.15) is 4.31 Å². The van der Waals surface area contributed by atoms with E-state index >= 15 is 0 Å². The van der Waals surface area contributed by atoms with E-state index < -0.39 is 10.0 Å². The van der Waals surface area contributed by atoms with Crippen LogP contribution < -0.4 is 4.90 Å². The highest BCUT2D eigenvalue weighted by Gasteiger charge is 2.33. The molecule has 2 aliphatic rings. The minimum Gasteiger partial charge on any atom is -0.312 e. The van der Waals surface area contributed by atoms with Gasteiger partial charge in [0, 0.05) is 31.7 Å². The second-order valence-corrected chi connectivity index (χ2v) is 8.06. The Labute approximate surface area is 132 Å². The van der Waals surface area contributed by atoms with E-state index in [1.54, 1.807) is 34.3 Å². The summed E-state index contributed by atoms with van der Waals surface area (Å²) >= 11 is 0. The van der Waals surface area contributed by atoms with E-state index in [9.17, 15) is 13.2 Å². The Kier molecular flexibility index (Phi) is 3.99. The topological polar surface area (TPSA) is 57.7 Å². The molecule has 1 saturated heterocycles. The molecular formula is C16H22N2O3S. The van der Waals surface area contributed by atoms with Gasteiger partial charge in [0.05, 0.1) is 4.90 Å². The lowest BCUT2D eigenvalue weighted by Crippen LogP contribution is -2.35. The molecule has 0 saturated carbocycles. The van der Waals surface area contributed by atoms with E-state index in [-0.39, 0.29) is 11.9 Å². The summed E-state index contributed by atoms with van der Waals surface area (Å²) in [6, 6.07) is 5.24. The Balaban J connectivity index is 1.98. The number of amides is 1. The second-order valence-electron chi connectivity index (χ2n) is 6.17. The Hall–Kier alpha value is -1.40. The van der Waals surface area contributed by atoms with Crippen molar-refractivity contribution < 1.29 is 13.2 Å². The molecule has 2 aliphatic heterocycles. The van der Waals surface area contributed by atoms with Gasteiger partial charge in [0.2, 0.25) is 15.9 Å². The molecule has 6 heteroatoms. The van der Waals surface area contributed by atoms with Gasteiger partial charge < -0.3 is 4.90 Å². The molecule has 0 radical (unpaired) electrons. The second kappa shape index (κ2) is 5.66. The van der Waals surface area contributed by atoms with Gasteiger partial charge in [0.25, 0.3) is 0 Å². The third-order valence-corrected chi connectivity index (χ3v) is 6.66. The summed E-state index contributed by atoms with van der Waals surface area (Å²) in [5, 5.41) is 0. The highest BCUT2D eigenvalue weighted by Crippen LogP contribution is 2.32. The van der Waals surface area contributed by atoms with Crippen LogP contribution in [0.1, 0.15) is 38.7 Å². The number of hydrogen-bond acceptors (Lipinski definition) is 3. The average Bonchev–Trinajstić information content (AvgIpc) is 2.92. The number of sulfonamides is 1. The van der Waals surface area contributed by atoms with Crippen LogP contribution >= 0.6 is 0 Å². The number of carbonyl (C=O) groups is 1.